The molecule has 7 N–H and O–H groups in total. The standard InChI is InChI=1S/C35H42FN7O.C2H6.2C2H4/c1-8-33-41-31(35(44)42-34(23(6)38)27-13-11-26(12-14-27)22(5)37)18-32(43(33)9-2)24(7)39-19-25-10-15-28(36)30(17-25)40-29-16-20(3)21(29)4;3*1-2/h8,10-15,17-18,23,34,39-40H,3,5,7,9,16,19,37-38H2,1-2,4,6H3,(H,42,44);1-2H3;2*1-2H2/b33-8-;;;/t23?,34-;;;/m0.../s1. The summed E-state index contributed by atoms with van der Waals surface area (Å²) in [6, 6.07) is 11.6. The highest BCUT2D eigenvalue weighted by atomic mass is 19.1. The molecule has 1 aliphatic heterocycles. The van der Waals surface area contributed by atoms with Gasteiger partial charge in [-0.15, -0.1) is 26.3 Å². The number of carbonyl (C=O) groups is 1. The van der Waals surface area contributed by atoms with Gasteiger partial charge in [-0.25, -0.2) is 9.38 Å². The van der Waals surface area contributed by atoms with Crippen molar-refractivity contribution in [2.45, 2.75) is 66.6 Å². The van der Waals surface area contributed by atoms with Crippen molar-refractivity contribution < 1.29 is 9.18 Å². The van der Waals surface area contributed by atoms with E-state index in [1.165, 1.54) is 6.07 Å². The van der Waals surface area contributed by atoms with Gasteiger partial charge in [-0.1, -0.05) is 63.9 Å². The molecule has 0 bridgehead atoms. The van der Waals surface area contributed by atoms with Crippen molar-refractivity contribution >= 4 is 23.0 Å². The Morgan fingerprint density at radius 3 is 2.22 bits per heavy atom. The van der Waals surface area contributed by atoms with Crippen molar-refractivity contribution in [1.29, 1.82) is 0 Å². The molecule has 0 saturated carbocycles. The summed E-state index contributed by atoms with van der Waals surface area (Å²) < 4.78 is 14.6. The fourth-order valence-electron chi connectivity index (χ4n) is 5.07. The largest absolute Gasteiger partial charge is 0.399 e. The number of halogens is 1. The molecule has 1 unspecified atom stereocenters. The SMILES string of the molecule is C=C.C=C.C=C1CC(Nc2cc(CNC(=C)C3=CC(C(=O)N[C@H](c4ccc(C(=C)N)cc4)C(C)N)=N/C(=C/C)N3CC)ccc2F)=C1C.CC. The number of allylic oxidation sites excluding steroid dienone is 3. The fourth-order valence-corrected chi connectivity index (χ4v) is 5.07. The Balaban J connectivity index is 0.00000197. The summed E-state index contributed by atoms with van der Waals surface area (Å²) in [5.41, 5.74) is 20.1. The van der Waals surface area contributed by atoms with Crippen molar-refractivity contribution in [2.24, 2.45) is 16.5 Å². The molecule has 8 nitrogen and oxygen atoms in total. The van der Waals surface area contributed by atoms with Crippen molar-refractivity contribution in [3.8, 4) is 0 Å². The van der Waals surface area contributed by atoms with Crippen LogP contribution in [0.2, 0.25) is 0 Å². The fraction of sp³-hybridized carbons (Fsp3) is 0.268. The smallest absolute Gasteiger partial charge is 0.270 e. The van der Waals surface area contributed by atoms with E-state index in [2.05, 4.69) is 67.0 Å². The molecule has 0 fully saturated rings. The molecule has 0 saturated heterocycles. The number of hydrogen-bond donors (Lipinski definition) is 5. The predicted octanol–water partition coefficient (Wildman–Crippen LogP) is 8.36. The van der Waals surface area contributed by atoms with E-state index < -0.39 is 6.04 Å². The van der Waals surface area contributed by atoms with Crippen LogP contribution in [0.15, 0.2) is 140 Å². The summed E-state index contributed by atoms with van der Waals surface area (Å²) in [6.07, 6.45) is 4.29. The number of benzene rings is 2. The number of nitrogens with zero attached hydrogens (tertiary/aromatic N) is 2. The average Bonchev–Trinajstić information content (AvgIpc) is 3.15. The summed E-state index contributed by atoms with van der Waals surface area (Å²) in [5.74, 6) is -0.0641. The third kappa shape index (κ3) is 10.8. The van der Waals surface area contributed by atoms with E-state index in [1.807, 2.05) is 76.8 Å². The first kappa shape index (κ1) is 42.6. The summed E-state index contributed by atoms with van der Waals surface area (Å²) in [4.78, 5) is 20.2. The van der Waals surface area contributed by atoms with Crippen LogP contribution in [0.5, 0.6) is 0 Å². The average molecular weight is 682 g/mol. The lowest BCUT2D eigenvalue weighted by Crippen LogP contribution is -2.43. The molecule has 2 aromatic rings. The van der Waals surface area contributed by atoms with Gasteiger partial charge in [0.25, 0.3) is 5.91 Å². The van der Waals surface area contributed by atoms with Crippen LogP contribution in [-0.2, 0) is 11.3 Å². The summed E-state index contributed by atoms with van der Waals surface area (Å²) >= 11 is 0. The molecule has 268 valence electrons. The molecule has 9 heteroatoms. The maximum absolute atomic E-state index is 14.6. The van der Waals surface area contributed by atoms with Crippen molar-refractivity contribution in [1.82, 2.24) is 15.5 Å². The van der Waals surface area contributed by atoms with Crippen LogP contribution in [0, 0.1) is 5.82 Å². The number of hydrogen-bond acceptors (Lipinski definition) is 7. The molecular formula is C41H56FN7O. The number of carbonyl (C=O) groups excluding carboxylic acids is 1. The lowest BCUT2D eigenvalue weighted by atomic mass is 9.90. The molecule has 2 aliphatic rings. The van der Waals surface area contributed by atoms with Crippen LogP contribution in [0.1, 0.15) is 70.7 Å². The van der Waals surface area contributed by atoms with Gasteiger partial charge in [-0.3, -0.25) is 4.79 Å². The number of anilines is 1. The van der Waals surface area contributed by atoms with Crippen LogP contribution < -0.4 is 27.4 Å². The molecule has 0 aromatic heterocycles. The third-order valence-corrected chi connectivity index (χ3v) is 7.84. The first-order chi connectivity index (χ1) is 23.9. The molecule has 2 atom stereocenters. The Morgan fingerprint density at radius 1 is 1.10 bits per heavy atom. The highest BCUT2D eigenvalue weighted by Crippen LogP contribution is 2.33. The van der Waals surface area contributed by atoms with Gasteiger partial charge >= 0.3 is 0 Å². The molecule has 2 aromatic carbocycles. The van der Waals surface area contributed by atoms with Crippen LogP contribution in [0.4, 0.5) is 10.1 Å². The molecule has 0 spiro atoms. The summed E-state index contributed by atoms with van der Waals surface area (Å²) in [6.45, 7) is 36.7. The second-order valence-corrected chi connectivity index (χ2v) is 11.0. The first-order valence-corrected chi connectivity index (χ1v) is 16.6. The Labute approximate surface area is 299 Å². The minimum atomic E-state index is -0.458. The second-order valence-electron chi connectivity index (χ2n) is 11.0. The van der Waals surface area contributed by atoms with Gasteiger partial charge in [-0.2, -0.15) is 0 Å². The van der Waals surface area contributed by atoms with Crippen molar-refractivity contribution in [3.63, 3.8) is 0 Å². The van der Waals surface area contributed by atoms with Crippen molar-refractivity contribution in [3.05, 3.63) is 157 Å². The van der Waals surface area contributed by atoms with Crippen LogP contribution in [0.3, 0.4) is 0 Å². The predicted molar refractivity (Wildman–Crippen MR) is 212 cm³/mol. The molecule has 1 heterocycles. The van der Waals surface area contributed by atoms with E-state index in [4.69, 9.17) is 11.5 Å². The number of likely N-dealkylation sites (N-methyl/N-ethyl adjacent to an activating group) is 1. The third-order valence-electron chi connectivity index (χ3n) is 7.84. The zero-order valence-corrected chi connectivity index (χ0v) is 30.8. The first-order valence-electron chi connectivity index (χ1n) is 16.6. The normalized spacial score (nSPS) is 15.2. The number of nitrogens with one attached hydrogen (secondary N) is 3. The van der Waals surface area contributed by atoms with Gasteiger partial charge in [0.05, 0.1) is 23.1 Å². The van der Waals surface area contributed by atoms with E-state index >= 15 is 0 Å². The topological polar surface area (TPSA) is 121 Å². The Hall–Kier alpha value is -5.41. The highest BCUT2D eigenvalue weighted by molar-refractivity contribution is 6.44. The van der Waals surface area contributed by atoms with Crippen LogP contribution >= 0.6 is 0 Å². The minimum Gasteiger partial charge on any atom is -0.399 e. The molecule has 1 amide bonds. The Morgan fingerprint density at radius 2 is 1.72 bits per heavy atom. The molecule has 4 rings (SSSR count). The summed E-state index contributed by atoms with van der Waals surface area (Å²) in [5, 5.41) is 9.59. The van der Waals surface area contributed by atoms with Gasteiger partial charge in [-0.05, 0) is 79.8 Å². The van der Waals surface area contributed by atoms with Crippen LogP contribution in [-0.4, -0.2) is 29.1 Å². The number of nitrogens with two attached hydrogens (primary N) is 2. The Bertz CT molecular complexity index is 1650. The number of amides is 1. The molecule has 0 radical (unpaired) electrons. The van der Waals surface area contributed by atoms with E-state index in [0.717, 1.165) is 40.0 Å². The summed E-state index contributed by atoms with van der Waals surface area (Å²) in [7, 11) is 0. The van der Waals surface area contributed by atoms with E-state index in [9.17, 15) is 9.18 Å². The lowest BCUT2D eigenvalue weighted by Gasteiger charge is -2.32. The maximum Gasteiger partial charge on any atom is 0.270 e. The van der Waals surface area contributed by atoms with E-state index in [-0.39, 0.29) is 23.5 Å². The van der Waals surface area contributed by atoms with Crippen molar-refractivity contribution in [2.75, 3.05) is 11.9 Å². The number of rotatable bonds is 12. The zero-order chi connectivity index (χ0) is 38.1. The second kappa shape index (κ2) is 20.8. The molecular weight excluding hydrogens is 625 g/mol. The van der Waals surface area contributed by atoms with Gasteiger partial charge < -0.3 is 32.3 Å². The van der Waals surface area contributed by atoms with Gasteiger partial charge in [0.15, 0.2) is 0 Å². The molecule has 1 aliphatic carbocycles. The quantitative estimate of drug-likeness (QED) is 0.144. The van der Waals surface area contributed by atoms with E-state index in [0.29, 0.717) is 41.7 Å². The van der Waals surface area contributed by atoms with Gasteiger partial charge in [0, 0.05) is 36.9 Å². The lowest BCUT2D eigenvalue weighted by molar-refractivity contribution is -0.115. The maximum atomic E-state index is 14.6. The van der Waals surface area contributed by atoms with Crippen LogP contribution in [0.25, 0.3) is 5.70 Å². The monoisotopic (exact) mass is 681 g/mol. The highest BCUT2D eigenvalue weighted by Gasteiger charge is 2.27. The number of aliphatic imine (C=N–C) groups is 1. The Kier molecular flexibility index (Phi) is 17.8. The van der Waals surface area contributed by atoms with E-state index in [1.54, 1.807) is 18.2 Å². The van der Waals surface area contributed by atoms with Gasteiger partial charge in [0.1, 0.15) is 17.3 Å². The minimum absolute atomic E-state index is 0.234. The van der Waals surface area contributed by atoms with Gasteiger partial charge in [0.2, 0.25) is 0 Å². The zero-order valence-electron chi connectivity index (χ0n) is 30.8. The molecule has 50 heavy (non-hydrogen) atoms.